The van der Waals surface area contributed by atoms with Crippen molar-refractivity contribution in [3.05, 3.63) is 41.7 Å². The van der Waals surface area contributed by atoms with Gasteiger partial charge in [0.15, 0.2) is 0 Å². The molecule has 0 fully saturated rings. The second-order valence-corrected chi connectivity index (χ2v) is 2.75. The van der Waals surface area contributed by atoms with Crippen molar-refractivity contribution < 1.29 is 4.39 Å². The molecule has 0 nitrogen and oxygen atoms in total. The molecule has 0 unspecified atom stereocenters. The third kappa shape index (κ3) is 2.87. The fourth-order valence-electron chi connectivity index (χ4n) is 0.996. The van der Waals surface area contributed by atoms with E-state index in [9.17, 15) is 4.39 Å². The Hall–Kier alpha value is -1.11. The minimum absolute atomic E-state index is 0.173. The third-order valence-electron chi connectivity index (χ3n) is 1.61. The number of allylic oxidation sites excluding steroid dienone is 1. The summed E-state index contributed by atoms with van der Waals surface area (Å²) in [6.07, 6.45) is 6.20. The maximum atomic E-state index is 12.6. The Kier molecular flexibility index (Phi) is 3.52. The van der Waals surface area contributed by atoms with Gasteiger partial charge in [-0.25, -0.2) is 4.39 Å². The Morgan fingerprint density at radius 2 is 2.25 bits per heavy atom. The lowest BCUT2D eigenvalue weighted by molar-refractivity contribution is 0.627. The summed E-state index contributed by atoms with van der Waals surface area (Å²) in [7, 11) is 0. The van der Waals surface area contributed by atoms with E-state index >= 15 is 0 Å². The van der Waals surface area contributed by atoms with Gasteiger partial charge in [-0.1, -0.05) is 37.6 Å². The van der Waals surface area contributed by atoms with E-state index in [1.165, 1.54) is 12.1 Å². The van der Waals surface area contributed by atoms with Gasteiger partial charge in [0.2, 0.25) is 0 Å². The summed E-state index contributed by atoms with van der Waals surface area (Å²) in [4.78, 5) is 0. The smallest absolute Gasteiger partial charge is 0.123 e. The highest BCUT2D eigenvalue weighted by molar-refractivity contribution is 5.48. The molecule has 0 radical (unpaired) electrons. The highest BCUT2D eigenvalue weighted by atomic mass is 19.1. The maximum absolute atomic E-state index is 12.6. The van der Waals surface area contributed by atoms with Gasteiger partial charge in [0, 0.05) is 0 Å². The van der Waals surface area contributed by atoms with Gasteiger partial charge < -0.3 is 0 Å². The van der Waals surface area contributed by atoms with Crippen molar-refractivity contribution in [2.45, 2.75) is 19.8 Å². The van der Waals surface area contributed by atoms with E-state index in [0.717, 1.165) is 18.4 Å². The summed E-state index contributed by atoms with van der Waals surface area (Å²) in [6.45, 7) is 2.12. The van der Waals surface area contributed by atoms with E-state index in [2.05, 4.69) is 13.0 Å². The first-order valence-electron chi connectivity index (χ1n) is 4.25. The second kappa shape index (κ2) is 4.70. The van der Waals surface area contributed by atoms with Gasteiger partial charge in [-0.05, 0) is 24.1 Å². The molecule has 0 atom stereocenters. The van der Waals surface area contributed by atoms with Gasteiger partial charge in [-0.2, -0.15) is 0 Å². The standard InChI is InChI=1S/C11H13F/c1-2-3-4-6-10-7-5-8-11(12)9-10/h4-9H,2-3H2,1H3/b6-4+. The first kappa shape index (κ1) is 8.98. The van der Waals surface area contributed by atoms with Gasteiger partial charge in [-0.3, -0.25) is 0 Å². The molecule has 0 amide bonds. The molecule has 1 aromatic carbocycles. The number of rotatable bonds is 3. The average molecular weight is 164 g/mol. The van der Waals surface area contributed by atoms with Crippen LogP contribution in [0.1, 0.15) is 25.3 Å². The van der Waals surface area contributed by atoms with Crippen LogP contribution in [-0.4, -0.2) is 0 Å². The van der Waals surface area contributed by atoms with Crippen LogP contribution < -0.4 is 0 Å². The summed E-state index contributed by atoms with van der Waals surface area (Å²) in [6, 6.07) is 6.61. The van der Waals surface area contributed by atoms with E-state index in [-0.39, 0.29) is 5.82 Å². The Morgan fingerprint density at radius 3 is 2.92 bits per heavy atom. The number of unbranched alkanes of at least 4 members (excludes halogenated alkanes) is 1. The summed E-state index contributed by atoms with van der Waals surface area (Å²) < 4.78 is 12.6. The third-order valence-corrected chi connectivity index (χ3v) is 1.61. The fraction of sp³-hybridized carbons (Fsp3) is 0.273. The zero-order chi connectivity index (χ0) is 8.81. The molecule has 0 aromatic heterocycles. The Labute approximate surface area is 72.7 Å². The predicted octanol–water partition coefficient (Wildman–Crippen LogP) is 3.64. The van der Waals surface area contributed by atoms with Crippen molar-refractivity contribution >= 4 is 6.08 Å². The lowest BCUT2D eigenvalue weighted by atomic mass is 10.2. The summed E-state index contributed by atoms with van der Waals surface area (Å²) in [5.41, 5.74) is 0.934. The van der Waals surface area contributed by atoms with Crippen molar-refractivity contribution in [3.8, 4) is 0 Å². The predicted molar refractivity (Wildman–Crippen MR) is 50.3 cm³/mol. The van der Waals surface area contributed by atoms with Crippen molar-refractivity contribution in [1.29, 1.82) is 0 Å². The molecule has 0 saturated carbocycles. The highest BCUT2D eigenvalue weighted by Crippen LogP contribution is 2.06. The van der Waals surface area contributed by atoms with Gasteiger partial charge in [0.05, 0.1) is 0 Å². The Bertz CT molecular complexity index is 263. The van der Waals surface area contributed by atoms with Crippen LogP contribution in [0.2, 0.25) is 0 Å². The van der Waals surface area contributed by atoms with Crippen LogP contribution in [0.25, 0.3) is 6.08 Å². The minimum atomic E-state index is -0.173. The number of halogens is 1. The molecule has 0 N–H and O–H groups in total. The largest absolute Gasteiger partial charge is 0.207 e. The second-order valence-electron chi connectivity index (χ2n) is 2.75. The first-order valence-corrected chi connectivity index (χ1v) is 4.25. The van der Waals surface area contributed by atoms with Crippen molar-refractivity contribution in [1.82, 2.24) is 0 Å². The van der Waals surface area contributed by atoms with Gasteiger partial charge >= 0.3 is 0 Å². The zero-order valence-electron chi connectivity index (χ0n) is 7.26. The molecule has 1 rings (SSSR count). The number of hydrogen-bond donors (Lipinski definition) is 0. The number of hydrogen-bond acceptors (Lipinski definition) is 0. The molecule has 1 heteroatoms. The molecule has 0 aliphatic carbocycles. The number of benzene rings is 1. The lowest BCUT2D eigenvalue weighted by Gasteiger charge is -1.92. The van der Waals surface area contributed by atoms with Gasteiger partial charge in [-0.15, -0.1) is 0 Å². The molecule has 0 aliphatic heterocycles. The zero-order valence-corrected chi connectivity index (χ0v) is 7.26. The monoisotopic (exact) mass is 164 g/mol. The van der Waals surface area contributed by atoms with Crippen molar-refractivity contribution in [3.63, 3.8) is 0 Å². The van der Waals surface area contributed by atoms with Gasteiger partial charge in [0.1, 0.15) is 5.82 Å². The van der Waals surface area contributed by atoms with Crippen LogP contribution in [-0.2, 0) is 0 Å². The molecular weight excluding hydrogens is 151 g/mol. The lowest BCUT2D eigenvalue weighted by Crippen LogP contribution is -1.74. The fourth-order valence-corrected chi connectivity index (χ4v) is 0.996. The quantitative estimate of drug-likeness (QED) is 0.639. The molecule has 0 aliphatic rings. The van der Waals surface area contributed by atoms with Crippen LogP contribution in [0.15, 0.2) is 30.3 Å². The van der Waals surface area contributed by atoms with E-state index in [4.69, 9.17) is 0 Å². The topological polar surface area (TPSA) is 0 Å². The Balaban J connectivity index is 2.63. The first-order chi connectivity index (χ1) is 5.83. The SMILES string of the molecule is CCC/C=C/c1cccc(F)c1. The molecular formula is C11H13F. The summed E-state index contributed by atoms with van der Waals surface area (Å²) in [5.74, 6) is -0.173. The van der Waals surface area contributed by atoms with E-state index in [1.807, 2.05) is 12.1 Å². The molecule has 0 bridgehead atoms. The average Bonchev–Trinajstić information content (AvgIpc) is 2.05. The summed E-state index contributed by atoms with van der Waals surface area (Å²) >= 11 is 0. The van der Waals surface area contributed by atoms with Crippen LogP contribution in [0.5, 0.6) is 0 Å². The van der Waals surface area contributed by atoms with Crippen LogP contribution in [0, 0.1) is 5.82 Å². The highest BCUT2D eigenvalue weighted by Gasteiger charge is 1.88. The molecule has 1 aromatic rings. The van der Waals surface area contributed by atoms with Crippen LogP contribution >= 0.6 is 0 Å². The molecule has 0 heterocycles. The normalized spacial score (nSPS) is 10.8. The van der Waals surface area contributed by atoms with E-state index in [1.54, 1.807) is 6.07 Å². The minimum Gasteiger partial charge on any atom is -0.207 e. The Morgan fingerprint density at radius 1 is 1.42 bits per heavy atom. The van der Waals surface area contributed by atoms with Crippen LogP contribution in [0.4, 0.5) is 4.39 Å². The maximum Gasteiger partial charge on any atom is 0.123 e. The van der Waals surface area contributed by atoms with E-state index in [0.29, 0.717) is 0 Å². The van der Waals surface area contributed by atoms with E-state index < -0.39 is 0 Å². The van der Waals surface area contributed by atoms with Crippen LogP contribution in [0.3, 0.4) is 0 Å². The summed E-state index contributed by atoms with van der Waals surface area (Å²) in [5, 5.41) is 0. The van der Waals surface area contributed by atoms with Crippen molar-refractivity contribution in [2.24, 2.45) is 0 Å². The molecule has 0 spiro atoms. The molecule has 64 valence electrons. The molecule has 0 saturated heterocycles. The van der Waals surface area contributed by atoms with Gasteiger partial charge in [0.25, 0.3) is 0 Å². The molecule has 12 heavy (non-hydrogen) atoms. The van der Waals surface area contributed by atoms with Crippen molar-refractivity contribution in [2.75, 3.05) is 0 Å².